The van der Waals surface area contributed by atoms with Gasteiger partial charge < -0.3 is 24.6 Å². The fourth-order valence-corrected chi connectivity index (χ4v) is 5.44. The molecule has 2 fully saturated rings. The Labute approximate surface area is 192 Å². The molecule has 3 rings (SSSR count). The maximum absolute atomic E-state index is 12.2. The molecule has 1 aliphatic heterocycles. The van der Waals surface area contributed by atoms with Gasteiger partial charge in [-0.15, -0.1) is 0 Å². The van der Waals surface area contributed by atoms with Gasteiger partial charge in [-0.05, 0) is 61.6 Å². The fourth-order valence-electron chi connectivity index (χ4n) is 5.44. The minimum Gasteiger partial charge on any atom is -0.493 e. The number of methoxy groups -OCH3 is 1. The number of hydrogen-bond acceptors (Lipinski definition) is 5. The van der Waals surface area contributed by atoms with Gasteiger partial charge in [0.1, 0.15) is 6.61 Å². The van der Waals surface area contributed by atoms with Crippen molar-refractivity contribution in [3.63, 3.8) is 0 Å². The van der Waals surface area contributed by atoms with Crippen molar-refractivity contribution < 1.29 is 24.5 Å². The van der Waals surface area contributed by atoms with E-state index in [0.717, 1.165) is 42.9 Å². The van der Waals surface area contributed by atoms with E-state index >= 15 is 0 Å². The van der Waals surface area contributed by atoms with E-state index in [1.165, 1.54) is 0 Å². The molecule has 1 aromatic carbocycles. The monoisotopic (exact) mass is 447 g/mol. The van der Waals surface area contributed by atoms with Crippen molar-refractivity contribution >= 4 is 5.91 Å². The lowest BCUT2D eigenvalue weighted by atomic mass is 9.72. The largest absolute Gasteiger partial charge is 0.493 e. The summed E-state index contributed by atoms with van der Waals surface area (Å²) in [4.78, 5) is 13.8. The number of ether oxygens (including phenoxy) is 2. The van der Waals surface area contributed by atoms with Crippen LogP contribution in [-0.4, -0.2) is 60.0 Å². The molecular formula is C26H41NO5. The summed E-state index contributed by atoms with van der Waals surface area (Å²) in [5.74, 6) is 1.77. The molecule has 6 nitrogen and oxygen atoms in total. The SMILES string of the molecule is COc1ccc(C2CN(C(=O)CO)CC2(C)[C@H](C)O)cc1OC1CCC(C(C)(C)C)CC1. The normalized spacial score (nSPS) is 29.6. The molecule has 3 atom stereocenters. The summed E-state index contributed by atoms with van der Waals surface area (Å²) in [7, 11) is 1.65. The minimum absolute atomic E-state index is 0.0668. The van der Waals surface area contributed by atoms with E-state index in [4.69, 9.17) is 9.47 Å². The molecule has 32 heavy (non-hydrogen) atoms. The average molecular weight is 448 g/mol. The predicted molar refractivity (Wildman–Crippen MR) is 125 cm³/mol. The lowest BCUT2D eigenvalue weighted by Gasteiger charge is -2.37. The number of benzene rings is 1. The Hall–Kier alpha value is -1.79. The van der Waals surface area contributed by atoms with Crippen LogP contribution < -0.4 is 9.47 Å². The van der Waals surface area contributed by atoms with Gasteiger partial charge in [0, 0.05) is 24.4 Å². The third-order valence-electron chi connectivity index (χ3n) is 7.96. The molecule has 2 N–H and O–H groups in total. The second kappa shape index (κ2) is 9.60. The maximum Gasteiger partial charge on any atom is 0.248 e. The maximum atomic E-state index is 12.2. The predicted octanol–water partition coefficient (Wildman–Crippen LogP) is 3.98. The first-order valence-corrected chi connectivity index (χ1v) is 11.9. The van der Waals surface area contributed by atoms with Crippen LogP contribution in [0.25, 0.3) is 0 Å². The molecule has 180 valence electrons. The lowest BCUT2D eigenvalue weighted by Crippen LogP contribution is -2.38. The van der Waals surface area contributed by atoms with Gasteiger partial charge in [-0.2, -0.15) is 0 Å². The van der Waals surface area contributed by atoms with E-state index < -0.39 is 18.1 Å². The number of hydrogen-bond donors (Lipinski definition) is 2. The van der Waals surface area contributed by atoms with Gasteiger partial charge in [-0.25, -0.2) is 0 Å². The topological polar surface area (TPSA) is 79.2 Å². The van der Waals surface area contributed by atoms with Crippen LogP contribution in [0.4, 0.5) is 0 Å². The lowest BCUT2D eigenvalue weighted by molar-refractivity contribution is -0.133. The van der Waals surface area contributed by atoms with Crippen molar-refractivity contribution in [2.75, 3.05) is 26.8 Å². The molecule has 0 spiro atoms. The van der Waals surface area contributed by atoms with Crippen molar-refractivity contribution in [2.45, 2.75) is 78.4 Å². The molecule has 0 aromatic heterocycles. The highest BCUT2D eigenvalue weighted by Gasteiger charge is 2.48. The van der Waals surface area contributed by atoms with Crippen molar-refractivity contribution in [3.05, 3.63) is 23.8 Å². The highest BCUT2D eigenvalue weighted by molar-refractivity contribution is 5.77. The Morgan fingerprint density at radius 2 is 1.88 bits per heavy atom. The molecule has 1 amide bonds. The minimum atomic E-state index is -0.608. The smallest absolute Gasteiger partial charge is 0.248 e. The van der Waals surface area contributed by atoms with Crippen LogP contribution in [0.15, 0.2) is 18.2 Å². The number of carbonyl (C=O) groups is 1. The van der Waals surface area contributed by atoms with E-state index in [0.29, 0.717) is 24.3 Å². The zero-order valence-electron chi connectivity index (χ0n) is 20.6. The zero-order valence-corrected chi connectivity index (χ0v) is 20.6. The molecule has 2 unspecified atom stereocenters. The zero-order chi connectivity index (χ0) is 23.7. The molecule has 0 bridgehead atoms. The highest BCUT2D eigenvalue weighted by Crippen LogP contribution is 2.47. The quantitative estimate of drug-likeness (QED) is 0.690. The summed E-state index contributed by atoms with van der Waals surface area (Å²) in [5, 5.41) is 19.9. The summed E-state index contributed by atoms with van der Waals surface area (Å²) in [6, 6.07) is 5.94. The van der Waals surface area contributed by atoms with Gasteiger partial charge in [0.15, 0.2) is 11.5 Å². The molecule has 1 aromatic rings. The van der Waals surface area contributed by atoms with E-state index in [-0.39, 0.29) is 17.9 Å². The number of aliphatic hydroxyl groups is 2. The number of aliphatic hydroxyl groups excluding tert-OH is 2. The third kappa shape index (κ3) is 5.07. The molecular weight excluding hydrogens is 406 g/mol. The van der Waals surface area contributed by atoms with Gasteiger partial charge in [0.2, 0.25) is 5.91 Å². The first-order valence-electron chi connectivity index (χ1n) is 11.9. The van der Waals surface area contributed by atoms with Crippen LogP contribution >= 0.6 is 0 Å². The Bertz CT molecular complexity index is 794. The molecule has 1 saturated carbocycles. The highest BCUT2D eigenvalue weighted by atomic mass is 16.5. The van der Waals surface area contributed by atoms with Crippen LogP contribution in [0.3, 0.4) is 0 Å². The summed E-state index contributed by atoms with van der Waals surface area (Å²) in [6.07, 6.45) is 3.94. The van der Waals surface area contributed by atoms with Gasteiger partial charge in [-0.3, -0.25) is 4.79 Å². The number of nitrogens with zero attached hydrogens (tertiary/aromatic N) is 1. The van der Waals surface area contributed by atoms with E-state index in [9.17, 15) is 15.0 Å². The van der Waals surface area contributed by atoms with Crippen molar-refractivity contribution in [2.24, 2.45) is 16.7 Å². The fraction of sp³-hybridized carbons (Fsp3) is 0.731. The first kappa shape index (κ1) is 24.8. The van der Waals surface area contributed by atoms with Crippen molar-refractivity contribution in [1.29, 1.82) is 0 Å². The first-order chi connectivity index (χ1) is 15.0. The molecule has 2 aliphatic rings. The summed E-state index contributed by atoms with van der Waals surface area (Å²) in [5.41, 5.74) is 0.830. The summed E-state index contributed by atoms with van der Waals surface area (Å²) in [6.45, 7) is 11.1. The number of amides is 1. The standard InChI is InChI=1S/C26H41NO5/c1-17(29)26(5)16-27(24(30)15-28)14-21(26)18-7-12-22(31-6)23(13-18)32-20-10-8-19(9-11-20)25(2,3)4/h7,12-13,17,19-21,28-29H,8-11,14-16H2,1-6H3/t17-,19?,20?,21?,26?/m0/s1. The van der Waals surface area contributed by atoms with Crippen LogP contribution in [0.5, 0.6) is 11.5 Å². The Morgan fingerprint density at radius 3 is 2.41 bits per heavy atom. The van der Waals surface area contributed by atoms with Crippen molar-refractivity contribution in [3.8, 4) is 11.5 Å². The van der Waals surface area contributed by atoms with Gasteiger partial charge in [-0.1, -0.05) is 33.8 Å². The second-order valence-corrected chi connectivity index (χ2v) is 11.0. The van der Waals surface area contributed by atoms with Crippen LogP contribution in [0.1, 0.15) is 71.8 Å². The van der Waals surface area contributed by atoms with E-state index in [1.54, 1.807) is 18.9 Å². The summed E-state index contributed by atoms with van der Waals surface area (Å²) < 4.78 is 12.0. The Balaban J connectivity index is 1.82. The van der Waals surface area contributed by atoms with E-state index in [1.807, 2.05) is 25.1 Å². The average Bonchev–Trinajstić information content (AvgIpc) is 3.12. The Morgan fingerprint density at radius 1 is 1.22 bits per heavy atom. The van der Waals surface area contributed by atoms with Gasteiger partial charge in [0.25, 0.3) is 0 Å². The number of likely N-dealkylation sites (tertiary alicyclic amines) is 1. The molecule has 1 aliphatic carbocycles. The van der Waals surface area contributed by atoms with E-state index in [2.05, 4.69) is 20.8 Å². The second-order valence-electron chi connectivity index (χ2n) is 11.0. The third-order valence-corrected chi connectivity index (χ3v) is 7.96. The van der Waals surface area contributed by atoms with Gasteiger partial charge in [0.05, 0.1) is 19.3 Å². The van der Waals surface area contributed by atoms with Crippen LogP contribution in [0.2, 0.25) is 0 Å². The molecule has 1 saturated heterocycles. The number of rotatable bonds is 6. The Kier molecular flexibility index (Phi) is 7.45. The molecule has 6 heteroatoms. The van der Waals surface area contributed by atoms with Gasteiger partial charge >= 0.3 is 0 Å². The summed E-state index contributed by atoms with van der Waals surface area (Å²) >= 11 is 0. The van der Waals surface area contributed by atoms with Crippen LogP contribution in [0, 0.1) is 16.7 Å². The van der Waals surface area contributed by atoms with Crippen LogP contribution in [-0.2, 0) is 4.79 Å². The van der Waals surface area contributed by atoms with Crippen molar-refractivity contribution in [1.82, 2.24) is 4.90 Å². The molecule has 0 radical (unpaired) electrons. The molecule has 1 heterocycles. The number of carbonyl (C=O) groups excluding carboxylic acids is 1.